The largest absolute Gasteiger partial charge is 0.348 e. The Morgan fingerprint density at radius 2 is 1.94 bits per heavy atom. The summed E-state index contributed by atoms with van der Waals surface area (Å²) in [4.78, 5) is 0. The molecule has 0 amide bonds. The molecular formula is C11H11F3N2. The van der Waals surface area contributed by atoms with Gasteiger partial charge in [0.15, 0.2) is 17.5 Å². The van der Waals surface area contributed by atoms with Crippen LogP contribution in [0.15, 0.2) is 12.3 Å². The number of nitrogens with two attached hydrogens (primary N) is 1. The van der Waals surface area contributed by atoms with E-state index in [0.717, 1.165) is 11.6 Å². The molecule has 86 valence electrons. The van der Waals surface area contributed by atoms with E-state index in [4.69, 9.17) is 5.73 Å². The molecule has 0 aliphatic heterocycles. The second-order valence-electron chi connectivity index (χ2n) is 3.69. The number of aryl methyl sites for hydroxylation is 1. The van der Waals surface area contributed by atoms with E-state index in [1.807, 2.05) is 0 Å². The van der Waals surface area contributed by atoms with Crippen molar-refractivity contribution in [3.63, 3.8) is 0 Å². The Bertz CT molecular complexity index is 546. The minimum absolute atomic E-state index is 0.0716. The van der Waals surface area contributed by atoms with Gasteiger partial charge in [0, 0.05) is 18.6 Å². The first-order chi connectivity index (χ1) is 7.56. The van der Waals surface area contributed by atoms with Crippen LogP contribution in [-0.4, -0.2) is 11.1 Å². The minimum Gasteiger partial charge on any atom is -0.348 e. The van der Waals surface area contributed by atoms with Crippen LogP contribution in [0.3, 0.4) is 0 Å². The third-order valence-electron chi connectivity index (χ3n) is 2.60. The van der Waals surface area contributed by atoms with Crippen molar-refractivity contribution in [3.8, 4) is 0 Å². The molecule has 0 spiro atoms. The molecule has 0 aliphatic rings. The molecule has 2 N–H and O–H groups in total. The van der Waals surface area contributed by atoms with Gasteiger partial charge in [-0.2, -0.15) is 0 Å². The number of hydrogen-bond donors (Lipinski definition) is 1. The second kappa shape index (κ2) is 3.83. The van der Waals surface area contributed by atoms with Crippen molar-refractivity contribution >= 4 is 10.9 Å². The number of aromatic nitrogens is 1. The molecule has 1 aromatic heterocycles. The van der Waals surface area contributed by atoms with Crippen molar-refractivity contribution < 1.29 is 13.2 Å². The summed E-state index contributed by atoms with van der Waals surface area (Å²) in [6.07, 6.45) is 2.14. The zero-order valence-electron chi connectivity index (χ0n) is 8.73. The van der Waals surface area contributed by atoms with Crippen molar-refractivity contribution in [3.05, 3.63) is 35.3 Å². The molecule has 2 nitrogen and oxygen atoms in total. The molecule has 0 bridgehead atoms. The van der Waals surface area contributed by atoms with Crippen molar-refractivity contribution in [2.24, 2.45) is 12.8 Å². The molecule has 0 aliphatic carbocycles. The van der Waals surface area contributed by atoms with E-state index in [0.29, 0.717) is 18.4 Å². The van der Waals surface area contributed by atoms with Crippen LogP contribution in [-0.2, 0) is 13.5 Å². The van der Waals surface area contributed by atoms with E-state index in [1.54, 1.807) is 13.2 Å². The molecule has 0 saturated carbocycles. The van der Waals surface area contributed by atoms with Gasteiger partial charge in [0.05, 0.1) is 5.52 Å². The molecular weight excluding hydrogens is 217 g/mol. The van der Waals surface area contributed by atoms with Crippen molar-refractivity contribution in [1.29, 1.82) is 0 Å². The highest BCUT2D eigenvalue weighted by atomic mass is 19.2. The van der Waals surface area contributed by atoms with E-state index >= 15 is 0 Å². The van der Waals surface area contributed by atoms with Gasteiger partial charge in [-0.25, -0.2) is 13.2 Å². The van der Waals surface area contributed by atoms with Crippen LogP contribution >= 0.6 is 0 Å². The summed E-state index contributed by atoms with van der Waals surface area (Å²) in [7, 11) is 1.59. The maximum atomic E-state index is 13.5. The summed E-state index contributed by atoms with van der Waals surface area (Å²) in [6, 6.07) is 1.01. The van der Waals surface area contributed by atoms with Crippen LogP contribution in [0.5, 0.6) is 0 Å². The summed E-state index contributed by atoms with van der Waals surface area (Å²) in [5.74, 6) is -3.76. The summed E-state index contributed by atoms with van der Waals surface area (Å²) < 4.78 is 41.1. The summed E-state index contributed by atoms with van der Waals surface area (Å²) >= 11 is 0. The fourth-order valence-electron chi connectivity index (χ4n) is 1.90. The van der Waals surface area contributed by atoms with Crippen LogP contribution in [0.2, 0.25) is 0 Å². The Labute approximate surface area is 90.5 Å². The first kappa shape index (κ1) is 11.0. The van der Waals surface area contributed by atoms with E-state index in [2.05, 4.69) is 0 Å². The number of benzene rings is 1. The van der Waals surface area contributed by atoms with Crippen LogP contribution < -0.4 is 5.73 Å². The number of hydrogen-bond acceptors (Lipinski definition) is 1. The predicted octanol–water partition coefficient (Wildman–Crippen LogP) is 2.10. The molecule has 0 saturated heterocycles. The van der Waals surface area contributed by atoms with Crippen LogP contribution in [0.4, 0.5) is 13.2 Å². The first-order valence-electron chi connectivity index (χ1n) is 4.87. The van der Waals surface area contributed by atoms with E-state index in [1.165, 1.54) is 4.57 Å². The fraction of sp³-hybridized carbons (Fsp3) is 0.273. The molecule has 0 atom stereocenters. The number of nitrogens with zero attached hydrogens (tertiary/aromatic N) is 1. The molecule has 5 heteroatoms. The molecule has 1 heterocycles. The predicted molar refractivity (Wildman–Crippen MR) is 55.6 cm³/mol. The summed E-state index contributed by atoms with van der Waals surface area (Å²) in [5, 5.41) is 0.379. The monoisotopic (exact) mass is 228 g/mol. The van der Waals surface area contributed by atoms with Gasteiger partial charge < -0.3 is 10.3 Å². The average Bonchev–Trinajstić information content (AvgIpc) is 2.53. The average molecular weight is 228 g/mol. The van der Waals surface area contributed by atoms with Gasteiger partial charge in [0.25, 0.3) is 0 Å². The van der Waals surface area contributed by atoms with Crippen molar-refractivity contribution in [2.75, 3.05) is 6.54 Å². The minimum atomic E-state index is -1.44. The lowest BCUT2D eigenvalue weighted by atomic mass is 10.1. The van der Waals surface area contributed by atoms with Crippen LogP contribution in [0.25, 0.3) is 10.9 Å². The highest BCUT2D eigenvalue weighted by molar-refractivity contribution is 5.84. The smallest absolute Gasteiger partial charge is 0.196 e. The number of fused-ring (bicyclic) bond motifs is 1. The first-order valence-corrected chi connectivity index (χ1v) is 4.87. The SMILES string of the molecule is Cn1cc(CCN)c2cc(F)c(F)c(F)c21. The molecule has 0 radical (unpaired) electrons. The van der Waals surface area contributed by atoms with Gasteiger partial charge in [0.2, 0.25) is 0 Å². The molecule has 0 fully saturated rings. The number of halogens is 3. The molecule has 2 rings (SSSR count). The second-order valence-corrected chi connectivity index (χ2v) is 3.69. The van der Waals surface area contributed by atoms with Gasteiger partial charge in [-0.1, -0.05) is 0 Å². The zero-order valence-corrected chi connectivity index (χ0v) is 8.73. The fourth-order valence-corrected chi connectivity index (χ4v) is 1.90. The third-order valence-corrected chi connectivity index (χ3v) is 2.60. The highest BCUT2D eigenvalue weighted by Gasteiger charge is 2.18. The zero-order chi connectivity index (χ0) is 11.9. The van der Waals surface area contributed by atoms with E-state index in [9.17, 15) is 13.2 Å². The standard InChI is InChI=1S/C11H11F3N2/c1-16-5-6(2-3-15)7-4-8(12)9(13)10(14)11(7)16/h4-5H,2-3,15H2,1H3. The Morgan fingerprint density at radius 3 is 2.56 bits per heavy atom. The van der Waals surface area contributed by atoms with E-state index in [-0.39, 0.29) is 5.52 Å². The van der Waals surface area contributed by atoms with Gasteiger partial charge >= 0.3 is 0 Å². The van der Waals surface area contributed by atoms with Crippen molar-refractivity contribution in [1.82, 2.24) is 4.57 Å². The highest BCUT2D eigenvalue weighted by Crippen LogP contribution is 2.27. The molecule has 0 unspecified atom stereocenters. The molecule has 16 heavy (non-hydrogen) atoms. The summed E-state index contributed by atoms with van der Waals surface area (Å²) in [5.41, 5.74) is 6.19. The number of rotatable bonds is 2. The quantitative estimate of drug-likeness (QED) is 0.784. The Balaban J connectivity index is 2.81. The lowest BCUT2D eigenvalue weighted by molar-refractivity contribution is 0.451. The maximum Gasteiger partial charge on any atom is 0.196 e. The maximum absolute atomic E-state index is 13.5. The molecule has 1 aromatic carbocycles. The van der Waals surface area contributed by atoms with Gasteiger partial charge in [0.1, 0.15) is 0 Å². The van der Waals surface area contributed by atoms with Crippen LogP contribution in [0, 0.1) is 17.5 Å². The summed E-state index contributed by atoms with van der Waals surface area (Å²) in [6.45, 7) is 0.375. The van der Waals surface area contributed by atoms with Gasteiger partial charge in [-0.3, -0.25) is 0 Å². The van der Waals surface area contributed by atoms with Gasteiger partial charge in [-0.05, 0) is 24.6 Å². The Kier molecular flexibility index (Phi) is 2.63. The normalized spacial score (nSPS) is 11.3. The van der Waals surface area contributed by atoms with E-state index < -0.39 is 17.5 Å². The van der Waals surface area contributed by atoms with Gasteiger partial charge in [-0.15, -0.1) is 0 Å². The van der Waals surface area contributed by atoms with Crippen LogP contribution in [0.1, 0.15) is 5.56 Å². The lowest BCUT2D eigenvalue weighted by Gasteiger charge is -2.01. The Hall–Kier alpha value is -1.49. The van der Waals surface area contributed by atoms with Crippen molar-refractivity contribution in [2.45, 2.75) is 6.42 Å². The Morgan fingerprint density at radius 1 is 1.25 bits per heavy atom. The lowest BCUT2D eigenvalue weighted by Crippen LogP contribution is -2.02. The topological polar surface area (TPSA) is 30.9 Å². The third kappa shape index (κ3) is 1.48. The molecule has 2 aromatic rings.